The molecule has 0 saturated heterocycles. The Morgan fingerprint density at radius 1 is 1.83 bits per heavy atom. The van der Waals surface area contributed by atoms with Gasteiger partial charge < -0.3 is 20.6 Å². The van der Waals surface area contributed by atoms with Crippen molar-refractivity contribution in [1.82, 2.24) is 0 Å². The molecule has 0 fully saturated rings. The van der Waals surface area contributed by atoms with Crippen molar-refractivity contribution in [3.63, 3.8) is 0 Å². The second kappa shape index (κ2) is 2.62. The molecule has 0 aliphatic heterocycles. The highest BCUT2D eigenvalue weighted by Crippen LogP contribution is 1.33. The quantitative estimate of drug-likeness (QED) is 0.362. The summed E-state index contributed by atoms with van der Waals surface area (Å²) in [4.78, 5) is 9.26. The molecule has 0 saturated carbocycles. The van der Waals surface area contributed by atoms with Crippen LogP contribution < -0.4 is 10.6 Å². The smallest absolute Gasteiger partial charge is 0.116 e. The normalized spacial score (nSPS) is 8.17. The average Bonchev–Trinajstić information content (AvgIpc) is 1.35. The molecule has 6 heavy (non-hydrogen) atoms. The topological polar surface area (TPSA) is 79.8 Å². The van der Waals surface area contributed by atoms with Crippen molar-refractivity contribution in [3.05, 3.63) is 5.21 Å². The summed E-state index contributed by atoms with van der Waals surface area (Å²) >= 11 is 0. The fourth-order valence-electron chi connectivity index (χ4n) is 0.0680. The number of hydrogen-bond acceptors (Lipinski definition) is 3. The minimum Gasteiger partial charge on any atom is -0.635 e. The van der Waals surface area contributed by atoms with Gasteiger partial charge in [0.2, 0.25) is 0 Å². The summed E-state index contributed by atoms with van der Waals surface area (Å²) in [6.07, 6.45) is 0. The van der Waals surface area contributed by atoms with E-state index >= 15 is 0 Å². The summed E-state index contributed by atoms with van der Waals surface area (Å²) in [5.41, 5.74) is 0.287. The van der Waals surface area contributed by atoms with E-state index in [1.54, 1.807) is 0 Å². The first-order chi connectivity index (χ1) is 2.77. The fraction of sp³-hybridized carbons (Fsp3) is 0.500. The van der Waals surface area contributed by atoms with Gasteiger partial charge in [0.15, 0.2) is 0 Å². The van der Waals surface area contributed by atoms with Crippen LogP contribution in [0, 0.1) is 5.21 Å². The Kier molecular flexibility index (Phi) is 2.35. The van der Waals surface area contributed by atoms with E-state index in [1.807, 2.05) is 0 Å². The first kappa shape index (κ1) is 5.39. The van der Waals surface area contributed by atoms with Crippen LogP contribution in [0.1, 0.15) is 0 Å². The summed E-state index contributed by atoms with van der Waals surface area (Å²) < 4.78 is 0. The zero-order valence-corrected chi connectivity index (χ0v) is 3.01. The van der Waals surface area contributed by atoms with Gasteiger partial charge in [-0.1, -0.05) is 0 Å². The van der Waals surface area contributed by atoms with Crippen LogP contribution in [-0.4, -0.2) is 12.5 Å². The van der Waals surface area contributed by atoms with Crippen molar-refractivity contribution >= 4 is 5.97 Å². The molecule has 36 valence electrons. The summed E-state index contributed by atoms with van der Waals surface area (Å²) in [5.74, 6) is -1.33. The molecule has 4 nitrogen and oxygen atoms in total. The summed E-state index contributed by atoms with van der Waals surface area (Å²) in [6, 6.07) is 0. The molecule has 0 spiro atoms. The van der Waals surface area contributed by atoms with Crippen LogP contribution in [0.4, 0.5) is 0 Å². The number of hydroxylamine groups is 1. The highest BCUT2D eigenvalue weighted by atomic mass is 16.5. The fourth-order valence-corrected chi connectivity index (χ4v) is 0.0680. The number of nitrogens with two attached hydrogens (primary N) is 1. The van der Waals surface area contributed by atoms with Crippen molar-refractivity contribution in [1.29, 1.82) is 0 Å². The molecule has 0 unspecified atom stereocenters. The van der Waals surface area contributed by atoms with E-state index < -0.39 is 12.5 Å². The maximum atomic E-state index is 9.26. The van der Waals surface area contributed by atoms with Crippen LogP contribution in [-0.2, 0) is 4.79 Å². The van der Waals surface area contributed by atoms with Crippen molar-refractivity contribution in [2.45, 2.75) is 0 Å². The van der Waals surface area contributed by atoms with E-state index in [9.17, 15) is 15.1 Å². The minimum absolute atomic E-state index is 0.287. The van der Waals surface area contributed by atoms with Gasteiger partial charge in [0.25, 0.3) is 0 Å². The average molecular weight is 90.1 g/mol. The summed E-state index contributed by atoms with van der Waals surface area (Å²) in [5, 5.41) is 18.5. The van der Waals surface area contributed by atoms with Gasteiger partial charge in [0.1, 0.15) is 6.54 Å². The van der Waals surface area contributed by atoms with Gasteiger partial charge in [-0.15, -0.1) is 0 Å². The molecule has 0 bridgehead atoms. The second-order valence-electron chi connectivity index (χ2n) is 0.743. The second-order valence-corrected chi connectivity index (χ2v) is 0.743. The number of carboxylic acids is 1. The Balaban J connectivity index is 2.83. The number of carbonyl (C=O) groups is 1. The molecule has 0 aromatic carbocycles. The number of carbonyl (C=O) groups excluding carboxylic acids is 1. The standard InChI is InChI=1S/C2H5NO3/c4-2(5)1-3-6/h1,3H2,(H,4,5)/p-1. The molecule has 0 atom stereocenters. The number of hydrogen-bond donors (Lipinski definition) is 1. The Bertz CT molecular complexity index is 52.8. The molecule has 0 heterocycles. The third kappa shape index (κ3) is 3.39. The molecule has 2 N–H and O–H groups in total. The Hall–Kier alpha value is -0.610. The minimum atomic E-state index is -1.33. The van der Waals surface area contributed by atoms with Crippen LogP contribution in [0.2, 0.25) is 0 Å². The molecule has 0 rings (SSSR count). The largest absolute Gasteiger partial charge is 0.635 e. The maximum absolute atomic E-state index is 9.26. The highest BCUT2D eigenvalue weighted by molar-refractivity contribution is 5.64. The van der Waals surface area contributed by atoms with Gasteiger partial charge in [-0.05, 0) is 0 Å². The first-order valence-electron chi connectivity index (χ1n) is 1.41. The van der Waals surface area contributed by atoms with E-state index in [0.717, 1.165) is 0 Å². The van der Waals surface area contributed by atoms with E-state index in [0.29, 0.717) is 0 Å². The predicted octanol–water partition coefficient (Wildman–Crippen LogP) is -3.20. The van der Waals surface area contributed by atoms with Crippen molar-refractivity contribution in [3.8, 4) is 0 Å². The number of rotatable bonds is 2. The van der Waals surface area contributed by atoms with E-state index in [-0.39, 0.29) is 5.48 Å². The third-order valence-electron chi connectivity index (χ3n) is 0.250. The Labute approximate surface area is 34.4 Å². The Morgan fingerprint density at radius 2 is 2.33 bits per heavy atom. The summed E-state index contributed by atoms with van der Waals surface area (Å²) in [7, 11) is 0. The van der Waals surface area contributed by atoms with E-state index in [2.05, 4.69) is 0 Å². The van der Waals surface area contributed by atoms with E-state index in [4.69, 9.17) is 0 Å². The van der Waals surface area contributed by atoms with Gasteiger partial charge in [-0.3, -0.25) is 0 Å². The Morgan fingerprint density at radius 3 is 2.33 bits per heavy atom. The van der Waals surface area contributed by atoms with Crippen LogP contribution in [0.5, 0.6) is 0 Å². The van der Waals surface area contributed by atoms with Gasteiger partial charge in [0.05, 0.1) is 5.97 Å². The van der Waals surface area contributed by atoms with Gasteiger partial charge in [-0.2, -0.15) is 0 Å². The molecule has 0 aliphatic carbocycles. The number of aliphatic carboxylic acids is 1. The molecule has 4 heteroatoms. The lowest BCUT2D eigenvalue weighted by molar-refractivity contribution is -0.585. The highest BCUT2D eigenvalue weighted by Gasteiger charge is 1.73. The van der Waals surface area contributed by atoms with Crippen molar-refractivity contribution < 1.29 is 15.4 Å². The van der Waals surface area contributed by atoms with Gasteiger partial charge in [-0.25, -0.2) is 0 Å². The lowest BCUT2D eigenvalue weighted by Crippen LogP contribution is -2.80. The predicted molar refractivity (Wildman–Crippen MR) is 15.2 cm³/mol. The lowest BCUT2D eigenvalue weighted by Gasteiger charge is -1.99. The monoisotopic (exact) mass is 90.0 g/mol. The molecular weight excluding hydrogens is 86.0 g/mol. The molecule has 0 aromatic rings. The third-order valence-corrected chi connectivity index (χ3v) is 0.250. The number of carboxylic acid groups (broad SMARTS) is 1. The van der Waals surface area contributed by atoms with E-state index in [1.165, 1.54) is 0 Å². The lowest BCUT2D eigenvalue weighted by atomic mass is 10.7. The zero-order chi connectivity index (χ0) is 4.99. The van der Waals surface area contributed by atoms with Gasteiger partial charge in [0, 0.05) is 0 Å². The molecular formula is C2H4NO3-. The van der Waals surface area contributed by atoms with Crippen molar-refractivity contribution in [2.24, 2.45) is 0 Å². The molecule has 0 amide bonds. The van der Waals surface area contributed by atoms with Gasteiger partial charge >= 0.3 is 0 Å². The van der Waals surface area contributed by atoms with Crippen LogP contribution in [0.25, 0.3) is 0 Å². The van der Waals surface area contributed by atoms with Crippen LogP contribution in [0.3, 0.4) is 0 Å². The maximum Gasteiger partial charge on any atom is 0.116 e. The SMILES string of the molecule is O=C([O-])C[NH2+][O-]. The molecule has 0 radical (unpaired) electrons. The summed E-state index contributed by atoms with van der Waals surface area (Å²) in [6.45, 7) is -0.500. The molecule has 0 aromatic heterocycles. The number of quaternary nitrogens is 1. The molecule has 0 aliphatic rings. The zero-order valence-electron chi connectivity index (χ0n) is 3.01. The van der Waals surface area contributed by atoms with Crippen LogP contribution >= 0.6 is 0 Å². The van der Waals surface area contributed by atoms with Crippen LogP contribution in [0.15, 0.2) is 0 Å². The first-order valence-corrected chi connectivity index (χ1v) is 1.41. The van der Waals surface area contributed by atoms with Crippen molar-refractivity contribution in [2.75, 3.05) is 6.54 Å².